The van der Waals surface area contributed by atoms with E-state index in [2.05, 4.69) is 22.2 Å². The molecule has 1 rings (SSSR count). The Balaban J connectivity index is 2.89. The minimum Gasteiger partial charge on any atom is -0.378 e. The van der Waals surface area contributed by atoms with Crippen LogP contribution >= 0.6 is 0 Å². The Morgan fingerprint density at radius 1 is 1.62 bits per heavy atom. The van der Waals surface area contributed by atoms with Crippen molar-refractivity contribution in [3.63, 3.8) is 0 Å². The topological polar surface area (TPSA) is 50.9 Å². The lowest BCUT2D eigenvalue weighted by molar-refractivity contribution is 0.143. The van der Waals surface area contributed by atoms with Crippen molar-refractivity contribution in [2.45, 2.75) is 32.9 Å². The summed E-state index contributed by atoms with van der Waals surface area (Å²) in [7, 11) is 0. The molecule has 1 aromatic rings. The minimum absolute atomic E-state index is 0.727. The van der Waals surface area contributed by atoms with Gasteiger partial charge in [-0.1, -0.05) is 11.1 Å². The predicted octanol–water partition coefficient (Wildman–Crippen LogP) is 0.420. The Hall–Kier alpha value is -1.34. The van der Waals surface area contributed by atoms with Crippen LogP contribution in [-0.2, 0) is 6.54 Å². The van der Waals surface area contributed by atoms with Gasteiger partial charge in [-0.3, -0.25) is 0 Å². The van der Waals surface area contributed by atoms with Crippen molar-refractivity contribution in [2.75, 3.05) is 0 Å². The average Bonchev–Trinajstić information content (AvgIpc) is 2.46. The third kappa shape index (κ3) is 2.88. The highest BCUT2D eigenvalue weighted by atomic mass is 16.3. The fourth-order valence-electron chi connectivity index (χ4n) is 0.805. The largest absolute Gasteiger partial charge is 0.378 e. The first kappa shape index (κ1) is 9.75. The molecule has 0 aliphatic heterocycles. The lowest BCUT2D eigenvalue weighted by atomic mass is 10.1. The van der Waals surface area contributed by atoms with E-state index in [-0.39, 0.29) is 0 Å². The minimum atomic E-state index is -0.969. The van der Waals surface area contributed by atoms with Crippen LogP contribution in [0.1, 0.15) is 26.5 Å². The molecule has 1 N–H and O–H groups in total. The van der Waals surface area contributed by atoms with Gasteiger partial charge in [-0.25, -0.2) is 4.68 Å². The highest BCUT2D eigenvalue weighted by molar-refractivity contribution is 5.27. The van der Waals surface area contributed by atoms with E-state index in [1.807, 2.05) is 6.92 Å². The lowest BCUT2D eigenvalue weighted by Gasteiger charge is -2.05. The van der Waals surface area contributed by atoms with Crippen LogP contribution in [0.25, 0.3) is 0 Å². The molecule has 13 heavy (non-hydrogen) atoms. The standard InChI is InChI=1S/C9H13N3O/c1-4-12-8(7-10-11-12)5-6-9(2,3)13/h7,13H,4H2,1-3H3. The second-order valence-electron chi connectivity index (χ2n) is 3.24. The van der Waals surface area contributed by atoms with Crippen molar-refractivity contribution in [1.82, 2.24) is 15.0 Å². The number of aromatic nitrogens is 3. The zero-order chi connectivity index (χ0) is 9.90. The Morgan fingerprint density at radius 3 is 2.85 bits per heavy atom. The maximum absolute atomic E-state index is 9.36. The molecule has 0 unspecified atom stereocenters. The molecule has 0 fully saturated rings. The summed E-state index contributed by atoms with van der Waals surface area (Å²) < 4.78 is 1.68. The van der Waals surface area contributed by atoms with Crippen LogP contribution in [0.3, 0.4) is 0 Å². The number of hydrogen-bond donors (Lipinski definition) is 1. The third-order valence-corrected chi connectivity index (χ3v) is 1.41. The second kappa shape index (κ2) is 3.58. The van der Waals surface area contributed by atoms with Gasteiger partial charge in [-0.15, -0.1) is 5.10 Å². The summed E-state index contributed by atoms with van der Waals surface area (Å²) >= 11 is 0. The maximum Gasteiger partial charge on any atom is 0.131 e. The normalized spacial score (nSPS) is 10.8. The van der Waals surface area contributed by atoms with Crippen LogP contribution < -0.4 is 0 Å². The van der Waals surface area contributed by atoms with E-state index < -0.39 is 5.60 Å². The summed E-state index contributed by atoms with van der Waals surface area (Å²) in [6.07, 6.45) is 1.59. The van der Waals surface area contributed by atoms with Crippen LogP contribution in [0.2, 0.25) is 0 Å². The molecule has 0 bridgehead atoms. The predicted molar refractivity (Wildman–Crippen MR) is 48.9 cm³/mol. The molecule has 1 heterocycles. The van der Waals surface area contributed by atoms with Gasteiger partial charge in [0.1, 0.15) is 11.3 Å². The fourth-order valence-corrected chi connectivity index (χ4v) is 0.805. The summed E-state index contributed by atoms with van der Waals surface area (Å²) in [6, 6.07) is 0. The quantitative estimate of drug-likeness (QED) is 0.636. The molecule has 4 nitrogen and oxygen atoms in total. The molecule has 0 radical (unpaired) electrons. The summed E-state index contributed by atoms with van der Waals surface area (Å²) in [5, 5.41) is 16.9. The first-order chi connectivity index (χ1) is 6.03. The van der Waals surface area contributed by atoms with Gasteiger partial charge in [0.25, 0.3) is 0 Å². The van der Waals surface area contributed by atoms with Crippen LogP contribution in [-0.4, -0.2) is 25.7 Å². The monoisotopic (exact) mass is 179 g/mol. The van der Waals surface area contributed by atoms with Gasteiger partial charge in [-0.2, -0.15) is 0 Å². The van der Waals surface area contributed by atoms with Crippen molar-refractivity contribution in [3.8, 4) is 11.8 Å². The number of hydrogen-bond acceptors (Lipinski definition) is 3. The molecule has 0 aliphatic rings. The van der Waals surface area contributed by atoms with Gasteiger partial charge < -0.3 is 5.11 Å². The van der Waals surface area contributed by atoms with Gasteiger partial charge in [0, 0.05) is 6.54 Å². The highest BCUT2D eigenvalue weighted by Crippen LogP contribution is 1.99. The van der Waals surface area contributed by atoms with Crippen molar-refractivity contribution < 1.29 is 5.11 Å². The number of nitrogens with zero attached hydrogens (tertiary/aromatic N) is 3. The van der Waals surface area contributed by atoms with E-state index in [1.165, 1.54) is 0 Å². The fraction of sp³-hybridized carbons (Fsp3) is 0.556. The van der Waals surface area contributed by atoms with Gasteiger partial charge >= 0.3 is 0 Å². The lowest BCUT2D eigenvalue weighted by Crippen LogP contribution is -2.14. The van der Waals surface area contributed by atoms with E-state index >= 15 is 0 Å². The van der Waals surface area contributed by atoms with E-state index in [1.54, 1.807) is 24.7 Å². The third-order valence-electron chi connectivity index (χ3n) is 1.41. The maximum atomic E-state index is 9.36. The smallest absolute Gasteiger partial charge is 0.131 e. The van der Waals surface area contributed by atoms with E-state index in [9.17, 15) is 5.11 Å². The van der Waals surface area contributed by atoms with Crippen molar-refractivity contribution in [3.05, 3.63) is 11.9 Å². The van der Waals surface area contributed by atoms with Crippen molar-refractivity contribution in [1.29, 1.82) is 0 Å². The molecule has 0 saturated heterocycles. The molecule has 0 aromatic carbocycles. The van der Waals surface area contributed by atoms with Gasteiger partial charge in [0.15, 0.2) is 0 Å². The zero-order valence-corrected chi connectivity index (χ0v) is 8.07. The Morgan fingerprint density at radius 2 is 2.31 bits per heavy atom. The van der Waals surface area contributed by atoms with E-state index in [4.69, 9.17) is 0 Å². The van der Waals surface area contributed by atoms with Crippen LogP contribution in [0.15, 0.2) is 6.20 Å². The molecule has 1 aromatic heterocycles. The Bertz CT molecular complexity index is 338. The summed E-state index contributed by atoms with van der Waals surface area (Å²) in [4.78, 5) is 0. The molecule has 0 aliphatic carbocycles. The van der Waals surface area contributed by atoms with E-state index in [0.717, 1.165) is 12.2 Å². The van der Waals surface area contributed by atoms with Crippen LogP contribution in [0.5, 0.6) is 0 Å². The molecule has 0 atom stereocenters. The van der Waals surface area contributed by atoms with Gasteiger partial charge in [0.05, 0.1) is 6.20 Å². The average molecular weight is 179 g/mol. The van der Waals surface area contributed by atoms with Crippen molar-refractivity contribution in [2.24, 2.45) is 0 Å². The van der Waals surface area contributed by atoms with Gasteiger partial charge in [-0.05, 0) is 26.7 Å². The molecular formula is C9H13N3O. The Kier molecular flexibility index (Phi) is 2.69. The molecular weight excluding hydrogens is 166 g/mol. The molecule has 4 heteroatoms. The molecule has 0 saturated carbocycles. The first-order valence-electron chi connectivity index (χ1n) is 4.17. The molecule has 0 amide bonds. The van der Waals surface area contributed by atoms with Gasteiger partial charge in [0.2, 0.25) is 0 Å². The molecule has 0 spiro atoms. The summed E-state index contributed by atoms with van der Waals surface area (Å²) in [5.74, 6) is 5.53. The van der Waals surface area contributed by atoms with Crippen molar-refractivity contribution >= 4 is 0 Å². The first-order valence-corrected chi connectivity index (χ1v) is 4.17. The van der Waals surface area contributed by atoms with Crippen LogP contribution in [0, 0.1) is 11.8 Å². The second-order valence-corrected chi connectivity index (χ2v) is 3.24. The summed E-state index contributed by atoms with van der Waals surface area (Å²) in [6.45, 7) is 5.97. The number of aliphatic hydroxyl groups is 1. The SMILES string of the molecule is CCn1nncc1C#CC(C)(C)O. The van der Waals surface area contributed by atoms with Crippen LogP contribution in [0.4, 0.5) is 0 Å². The molecule has 70 valence electrons. The summed E-state index contributed by atoms with van der Waals surface area (Å²) in [5.41, 5.74) is -0.243. The Labute approximate surface area is 77.6 Å². The zero-order valence-electron chi connectivity index (χ0n) is 8.07. The number of aryl methyl sites for hydroxylation is 1. The van der Waals surface area contributed by atoms with E-state index in [0.29, 0.717) is 0 Å². The highest BCUT2D eigenvalue weighted by Gasteiger charge is 2.06. The number of rotatable bonds is 1.